The van der Waals surface area contributed by atoms with Crippen LogP contribution in [0.25, 0.3) is 15.7 Å². The highest BCUT2D eigenvalue weighted by Crippen LogP contribution is 2.37. The molecule has 4 rings (SSSR count). The number of carbonyl (C=O) groups excluding carboxylic acids is 1. The number of hydrogen-bond acceptors (Lipinski definition) is 6. The van der Waals surface area contributed by atoms with Gasteiger partial charge in [0.25, 0.3) is 0 Å². The molecule has 0 atom stereocenters. The number of pyridine rings is 2. The standard InChI is InChI=1S/C25H20FN5O4/c1-27-21-14-17-20(15-23(21)34-12-11-33-2)28-10-8-22(17)35-16-6-7-19(18(26)13-16)30-25(32)31-24-5-3-4-9-29-24/h3-10,13-15H,11-12H2,2H3,(H2,29,30,31,32). The second-order valence-corrected chi connectivity index (χ2v) is 7.14. The van der Waals surface area contributed by atoms with Crippen LogP contribution in [-0.2, 0) is 4.74 Å². The lowest BCUT2D eigenvalue weighted by Crippen LogP contribution is -2.20. The highest BCUT2D eigenvalue weighted by atomic mass is 19.1. The molecule has 0 fully saturated rings. The molecule has 0 unspecified atom stereocenters. The maximum absolute atomic E-state index is 14.7. The molecular weight excluding hydrogens is 453 g/mol. The van der Waals surface area contributed by atoms with Crippen molar-refractivity contribution in [2.45, 2.75) is 0 Å². The minimum Gasteiger partial charge on any atom is -0.502 e. The topological polar surface area (TPSA) is 99.0 Å². The zero-order valence-electron chi connectivity index (χ0n) is 18.6. The van der Waals surface area contributed by atoms with Gasteiger partial charge in [0.1, 0.15) is 35.5 Å². The Balaban J connectivity index is 1.52. The third-order valence-electron chi connectivity index (χ3n) is 4.77. The van der Waals surface area contributed by atoms with Crippen LogP contribution >= 0.6 is 0 Å². The third kappa shape index (κ3) is 5.79. The summed E-state index contributed by atoms with van der Waals surface area (Å²) in [6.45, 7) is 8.14. The van der Waals surface area contributed by atoms with E-state index in [1.54, 1.807) is 49.7 Å². The van der Waals surface area contributed by atoms with Crippen LogP contribution in [-0.4, -0.2) is 36.3 Å². The van der Waals surface area contributed by atoms with Gasteiger partial charge in [0, 0.05) is 31.0 Å². The SMILES string of the molecule is [C-]#[N+]c1cc2c(Oc3ccc(NC(=O)Nc4ccccn4)c(F)c3)ccnc2cc1OCCOC. The minimum atomic E-state index is -0.687. The van der Waals surface area contributed by atoms with Gasteiger partial charge in [-0.15, -0.1) is 0 Å². The second kappa shape index (κ2) is 10.9. The van der Waals surface area contributed by atoms with Crippen molar-refractivity contribution in [3.63, 3.8) is 0 Å². The number of methoxy groups -OCH3 is 1. The van der Waals surface area contributed by atoms with Gasteiger partial charge >= 0.3 is 6.03 Å². The fraction of sp³-hybridized carbons (Fsp3) is 0.120. The highest BCUT2D eigenvalue weighted by molar-refractivity contribution is 5.99. The summed E-state index contributed by atoms with van der Waals surface area (Å²) in [4.78, 5) is 23.9. The Kier molecular flexibility index (Phi) is 7.30. The van der Waals surface area contributed by atoms with Gasteiger partial charge in [0.2, 0.25) is 5.69 Å². The normalized spacial score (nSPS) is 10.4. The predicted molar refractivity (Wildman–Crippen MR) is 129 cm³/mol. The Morgan fingerprint density at radius 3 is 2.66 bits per heavy atom. The van der Waals surface area contributed by atoms with Crippen molar-refractivity contribution in [1.29, 1.82) is 0 Å². The Hall–Kier alpha value is -4.75. The van der Waals surface area contributed by atoms with Gasteiger partial charge in [-0.25, -0.2) is 19.0 Å². The molecule has 2 aromatic carbocycles. The van der Waals surface area contributed by atoms with E-state index in [-0.39, 0.29) is 17.1 Å². The van der Waals surface area contributed by atoms with Crippen molar-refractivity contribution < 1.29 is 23.4 Å². The van der Waals surface area contributed by atoms with Crippen molar-refractivity contribution in [1.82, 2.24) is 9.97 Å². The van der Waals surface area contributed by atoms with E-state index in [0.29, 0.717) is 41.4 Å². The Bertz CT molecular complexity index is 1390. The predicted octanol–water partition coefficient (Wildman–Crippen LogP) is 5.78. The molecule has 0 aliphatic rings. The van der Waals surface area contributed by atoms with E-state index in [1.165, 1.54) is 18.3 Å². The number of benzene rings is 2. The maximum Gasteiger partial charge on any atom is 0.324 e. The molecule has 10 heteroatoms. The molecule has 2 N–H and O–H groups in total. The number of nitrogens with zero attached hydrogens (tertiary/aromatic N) is 3. The first kappa shape index (κ1) is 23.4. The maximum atomic E-state index is 14.7. The first-order valence-electron chi connectivity index (χ1n) is 10.5. The summed E-state index contributed by atoms with van der Waals surface area (Å²) >= 11 is 0. The van der Waals surface area contributed by atoms with Crippen LogP contribution in [0.3, 0.4) is 0 Å². The Morgan fingerprint density at radius 2 is 1.91 bits per heavy atom. The van der Waals surface area contributed by atoms with Crippen molar-refractivity contribution in [2.24, 2.45) is 0 Å². The number of aromatic nitrogens is 2. The number of fused-ring (bicyclic) bond motifs is 1. The molecule has 0 saturated heterocycles. The lowest BCUT2D eigenvalue weighted by molar-refractivity contribution is 0.147. The van der Waals surface area contributed by atoms with E-state index >= 15 is 0 Å². The number of urea groups is 1. The molecular formula is C25H20FN5O4. The van der Waals surface area contributed by atoms with Crippen LogP contribution in [0.2, 0.25) is 0 Å². The molecule has 35 heavy (non-hydrogen) atoms. The highest BCUT2D eigenvalue weighted by Gasteiger charge is 2.13. The zero-order chi connectivity index (χ0) is 24.6. The van der Waals surface area contributed by atoms with E-state index < -0.39 is 11.8 Å². The first-order chi connectivity index (χ1) is 17.1. The zero-order valence-corrected chi connectivity index (χ0v) is 18.6. The Labute approximate surface area is 200 Å². The summed E-state index contributed by atoms with van der Waals surface area (Å²) in [5.74, 6) is 0.625. The molecule has 0 aliphatic heterocycles. The summed E-state index contributed by atoms with van der Waals surface area (Å²) in [6.07, 6.45) is 3.07. The molecule has 0 aliphatic carbocycles. The van der Waals surface area contributed by atoms with Crippen LogP contribution in [0, 0.1) is 12.4 Å². The van der Waals surface area contributed by atoms with Gasteiger partial charge in [-0.05, 0) is 42.5 Å². The van der Waals surface area contributed by atoms with E-state index in [0.717, 1.165) is 6.07 Å². The molecule has 0 radical (unpaired) electrons. The van der Waals surface area contributed by atoms with Crippen LogP contribution in [0.5, 0.6) is 17.2 Å². The molecule has 2 aromatic heterocycles. The monoisotopic (exact) mass is 473 g/mol. The molecule has 176 valence electrons. The number of nitrogens with one attached hydrogen (secondary N) is 2. The summed E-state index contributed by atoms with van der Waals surface area (Å²) in [7, 11) is 1.56. The number of amides is 2. The second-order valence-electron chi connectivity index (χ2n) is 7.14. The van der Waals surface area contributed by atoms with Gasteiger partial charge in [-0.2, -0.15) is 0 Å². The number of ether oxygens (including phenoxy) is 3. The van der Waals surface area contributed by atoms with Crippen LogP contribution in [0.15, 0.2) is 67.0 Å². The van der Waals surface area contributed by atoms with Crippen LogP contribution in [0.1, 0.15) is 0 Å². The van der Waals surface area contributed by atoms with E-state index in [2.05, 4.69) is 25.4 Å². The molecule has 9 nitrogen and oxygen atoms in total. The molecule has 4 aromatic rings. The van der Waals surface area contributed by atoms with Gasteiger partial charge in [0.15, 0.2) is 0 Å². The van der Waals surface area contributed by atoms with Crippen molar-refractivity contribution >= 4 is 34.1 Å². The molecule has 2 heterocycles. The number of anilines is 2. The van der Waals surface area contributed by atoms with Crippen LogP contribution < -0.4 is 20.1 Å². The molecule has 0 saturated carbocycles. The lowest BCUT2D eigenvalue weighted by atomic mass is 10.1. The third-order valence-corrected chi connectivity index (χ3v) is 4.77. The number of rotatable bonds is 8. The molecule has 0 bridgehead atoms. The number of carbonyl (C=O) groups is 1. The van der Waals surface area contributed by atoms with Gasteiger partial charge < -0.3 is 19.5 Å². The Morgan fingerprint density at radius 1 is 1.03 bits per heavy atom. The first-order valence-corrected chi connectivity index (χ1v) is 10.5. The molecule has 2 amide bonds. The van der Waals surface area contributed by atoms with Crippen molar-refractivity contribution in [3.8, 4) is 17.2 Å². The average Bonchev–Trinajstić information content (AvgIpc) is 2.86. The van der Waals surface area contributed by atoms with E-state index in [1.807, 2.05) is 0 Å². The van der Waals surface area contributed by atoms with Gasteiger partial charge in [0.05, 0.1) is 24.4 Å². The van der Waals surface area contributed by atoms with Gasteiger partial charge in [-0.3, -0.25) is 10.3 Å². The molecule has 0 spiro atoms. The van der Waals surface area contributed by atoms with Crippen LogP contribution in [0.4, 0.5) is 26.4 Å². The summed E-state index contributed by atoms with van der Waals surface area (Å²) in [5.41, 5.74) is 0.807. The fourth-order valence-corrected chi connectivity index (χ4v) is 3.16. The smallest absolute Gasteiger partial charge is 0.324 e. The fourth-order valence-electron chi connectivity index (χ4n) is 3.16. The average molecular weight is 473 g/mol. The largest absolute Gasteiger partial charge is 0.502 e. The summed E-state index contributed by atoms with van der Waals surface area (Å²) in [5, 5.41) is 5.52. The summed E-state index contributed by atoms with van der Waals surface area (Å²) in [6, 6.07) is 13.3. The number of halogens is 1. The van der Waals surface area contributed by atoms with Crippen molar-refractivity contribution in [3.05, 3.63) is 84.2 Å². The van der Waals surface area contributed by atoms with Gasteiger partial charge in [-0.1, -0.05) is 6.07 Å². The van der Waals surface area contributed by atoms with E-state index in [9.17, 15) is 9.18 Å². The minimum absolute atomic E-state index is 0.0292. The summed E-state index contributed by atoms with van der Waals surface area (Å²) < 4.78 is 31.1. The van der Waals surface area contributed by atoms with E-state index in [4.69, 9.17) is 20.8 Å². The van der Waals surface area contributed by atoms with Crippen molar-refractivity contribution in [2.75, 3.05) is 31.0 Å². The lowest BCUT2D eigenvalue weighted by Gasteiger charge is -2.13. The number of hydrogen-bond donors (Lipinski definition) is 2. The quantitative estimate of drug-likeness (QED) is 0.249.